The van der Waals surface area contributed by atoms with Gasteiger partial charge in [0.15, 0.2) is 5.82 Å². The van der Waals surface area contributed by atoms with Crippen LogP contribution in [0.4, 0.5) is 23.5 Å². The first-order valence-electron chi connectivity index (χ1n) is 10.1. The maximum atomic E-state index is 13.1. The molecule has 1 aromatic heterocycles. The molecule has 3 saturated heterocycles. The number of anilines is 1. The number of amides is 1. The Balaban J connectivity index is 0.000000339. The number of aromatic nitrogens is 2. The van der Waals surface area contributed by atoms with Gasteiger partial charge in [0.05, 0.1) is 24.5 Å². The van der Waals surface area contributed by atoms with Crippen LogP contribution in [0, 0.1) is 11.7 Å². The van der Waals surface area contributed by atoms with Crippen molar-refractivity contribution in [3.05, 3.63) is 18.2 Å². The number of carboxylic acids is 1. The first-order valence-corrected chi connectivity index (χ1v) is 10.1. The molecule has 31 heavy (non-hydrogen) atoms. The number of rotatable bonds is 3. The number of likely N-dealkylation sites (tertiary alicyclic amines) is 1. The quantitative estimate of drug-likeness (QED) is 0.709. The lowest BCUT2D eigenvalue weighted by molar-refractivity contribution is -0.192. The molecule has 4 rings (SSSR count). The van der Waals surface area contributed by atoms with Crippen LogP contribution in [0.15, 0.2) is 12.4 Å². The van der Waals surface area contributed by atoms with Crippen LogP contribution in [0.2, 0.25) is 0 Å². The average molecular weight is 448 g/mol. The summed E-state index contributed by atoms with van der Waals surface area (Å²) >= 11 is 0. The van der Waals surface area contributed by atoms with Gasteiger partial charge in [-0.15, -0.1) is 0 Å². The molecule has 0 bridgehead atoms. The van der Waals surface area contributed by atoms with Gasteiger partial charge in [-0.1, -0.05) is 0 Å². The Bertz CT molecular complexity index is 771. The second-order valence-electron chi connectivity index (χ2n) is 7.76. The number of carbonyl (C=O) groups is 2. The fraction of sp³-hybridized carbons (Fsp3) is 0.684. The summed E-state index contributed by atoms with van der Waals surface area (Å²) in [5, 5.41) is 7.12. The largest absolute Gasteiger partial charge is 0.490 e. The maximum Gasteiger partial charge on any atom is 0.490 e. The van der Waals surface area contributed by atoms with Crippen LogP contribution in [-0.4, -0.2) is 76.4 Å². The van der Waals surface area contributed by atoms with E-state index in [1.807, 2.05) is 0 Å². The minimum Gasteiger partial charge on any atom is -0.475 e. The predicted molar refractivity (Wildman–Crippen MR) is 99.7 cm³/mol. The Hall–Kier alpha value is -2.50. The van der Waals surface area contributed by atoms with Crippen LogP contribution < -0.4 is 4.90 Å². The summed E-state index contributed by atoms with van der Waals surface area (Å²) in [4.78, 5) is 33.9. The molecular weight excluding hydrogens is 424 g/mol. The Morgan fingerprint density at radius 2 is 1.74 bits per heavy atom. The number of hydrogen-bond donors (Lipinski definition) is 1. The first-order chi connectivity index (χ1) is 14.7. The summed E-state index contributed by atoms with van der Waals surface area (Å²) in [6.45, 7) is 3.26. The zero-order chi connectivity index (χ0) is 22.6. The Labute approximate surface area is 176 Å². The third-order valence-corrected chi connectivity index (χ3v) is 5.79. The number of alkyl halides is 3. The highest BCUT2D eigenvalue weighted by molar-refractivity contribution is 5.78. The smallest absolute Gasteiger partial charge is 0.475 e. The molecule has 0 radical (unpaired) electrons. The van der Waals surface area contributed by atoms with Crippen molar-refractivity contribution in [2.45, 2.75) is 50.4 Å². The molecule has 0 unspecified atom stereocenters. The van der Waals surface area contributed by atoms with E-state index in [9.17, 15) is 22.4 Å². The standard InChI is InChI=1S/C17H23FN4O2.C2HF3O2/c18-13-9-19-17(20-10-13)21-6-3-15-14(21)1-2-16(23)22(15)11-12-4-7-24-8-5-12;3-2(4,5)1(6)7/h9-10,12,14-15H,1-8,11H2;(H,6,7)/t14-,15-;/m0./s1. The van der Waals surface area contributed by atoms with E-state index in [-0.39, 0.29) is 18.0 Å². The number of piperidine rings is 1. The van der Waals surface area contributed by atoms with Crippen molar-refractivity contribution in [2.75, 3.05) is 31.2 Å². The van der Waals surface area contributed by atoms with Crippen LogP contribution >= 0.6 is 0 Å². The summed E-state index contributed by atoms with van der Waals surface area (Å²) in [6.07, 6.45) is 1.74. The van der Waals surface area contributed by atoms with E-state index in [4.69, 9.17) is 14.6 Å². The van der Waals surface area contributed by atoms with E-state index in [0.717, 1.165) is 52.0 Å². The molecule has 1 aromatic rings. The molecular formula is C19H24F4N4O4. The third-order valence-electron chi connectivity index (χ3n) is 5.79. The summed E-state index contributed by atoms with van der Waals surface area (Å²) in [5.74, 6) is -1.80. The van der Waals surface area contributed by atoms with Crippen molar-refractivity contribution in [1.82, 2.24) is 14.9 Å². The molecule has 1 amide bonds. The molecule has 3 aliphatic rings. The van der Waals surface area contributed by atoms with Crippen molar-refractivity contribution < 1.29 is 37.0 Å². The molecule has 0 spiro atoms. The van der Waals surface area contributed by atoms with Crippen LogP contribution in [0.25, 0.3) is 0 Å². The van der Waals surface area contributed by atoms with Gasteiger partial charge in [-0.3, -0.25) is 4.79 Å². The molecule has 4 heterocycles. The molecule has 3 fully saturated rings. The van der Waals surface area contributed by atoms with Gasteiger partial charge in [-0.2, -0.15) is 13.2 Å². The number of hydrogen-bond acceptors (Lipinski definition) is 6. The molecule has 3 aliphatic heterocycles. The van der Waals surface area contributed by atoms with Crippen molar-refractivity contribution in [2.24, 2.45) is 5.92 Å². The van der Waals surface area contributed by atoms with E-state index in [1.165, 1.54) is 12.4 Å². The van der Waals surface area contributed by atoms with Crippen molar-refractivity contribution >= 4 is 17.8 Å². The van der Waals surface area contributed by atoms with Gasteiger partial charge in [-0.05, 0) is 31.6 Å². The number of halogens is 4. The van der Waals surface area contributed by atoms with E-state index >= 15 is 0 Å². The minimum atomic E-state index is -5.08. The van der Waals surface area contributed by atoms with Gasteiger partial charge in [-0.25, -0.2) is 19.2 Å². The van der Waals surface area contributed by atoms with Crippen LogP contribution in [0.3, 0.4) is 0 Å². The molecule has 2 atom stereocenters. The number of ether oxygens (including phenoxy) is 1. The fourth-order valence-electron chi connectivity index (χ4n) is 4.30. The van der Waals surface area contributed by atoms with Gasteiger partial charge in [0.2, 0.25) is 11.9 Å². The summed E-state index contributed by atoms with van der Waals surface area (Å²) in [5.41, 5.74) is 0. The van der Waals surface area contributed by atoms with E-state index in [2.05, 4.69) is 19.8 Å². The van der Waals surface area contributed by atoms with Crippen molar-refractivity contribution in [1.29, 1.82) is 0 Å². The van der Waals surface area contributed by atoms with Gasteiger partial charge in [0.1, 0.15) is 0 Å². The maximum absolute atomic E-state index is 13.1. The number of carbonyl (C=O) groups excluding carboxylic acids is 1. The van der Waals surface area contributed by atoms with Crippen molar-refractivity contribution in [3.8, 4) is 0 Å². The normalized spacial score (nSPS) is 24.5. The number of carboxylic acid groups (broad SMARTS) is 1. The Morgan fingerprint density at radius 1 is 1.13 bits per heavy atom. The van der Waals surface area contributed by atoms with Crippen LogP contribution in [0.1, 0.15) is 32.1 Å². The fourth-order valence-corrected chi connectivity index (χ4v) is 4.30. The second-order valence-corrected chi connectivity index (χ2v) is 7.76. The lowest BCUT2D eigenvalue weighted by Gasteiger charge is -2.41. The summed E-state index contributed by atoms with van der Waals surface area (Å²) in [7, 11) is 0. The molecule has 0 aliphatic carbocycles. The van der Waals surface area contributed by atoms with Gasteiger partial charge in [0.25, 0.3) is 0 Å². The molecule has 1 N–H and O–H groups in total. The van der Waals surface area contributed by atoms with E-state index in [1.54, 1.807) is 0 Å². The van der Waals surface area contributed by atoms with Crippen molar-refractivity contribution in [3.63, 3.8) is 0 Å². The topological polar surface area (TPSA) is 95.9 Å². The molecule has 8 nitrogen and oxygen atoms in total. The minimum absolute atomic E-state index is 0.225. The second kappa shape index (κ2) is 9.75. The van der Waals surface area contributed by atoms with Crippen LogP contribution in [-0.2, 0) is 14.3 Å². The van der Waals surface area contributed by atoms with E-state index in [0.29, 0.717) is 18.3 Å². The first kappa shape index (κ1) is 23.2. The average Bonchev–Trinajstić information content (AvgIpc) is 3.15. The Kier molecular flexibility index (Phi) is 7.29. The zero-order valence-corrected chi connectivity index (χ0v) is 16.7. The molecule has 0 saturated carbocycles. The predicted octanol–water partition coefficient (Wildman–Crippen LogP) is 2.25. The highest BCUT2D eigenvalue weighted by atomic mass is 19.4. The zero-order valence-electron chi connectivity index (χ0n) is 16.7. The monoisotopic (exact) mass is 448 g/mol. The SMILES string of the molecule is O=C(O)C(F)(F)F.O=C1CC[C@H]2[C@H](CCN2c2ncc(F)cn2)N1CC1CCOCC1. The number of aliphatic carboxylic acids is 1. The molecule has 12 heteroatoms. The third kappa shape index (κ3) is 5.81. The highest BCUT2D eigenvalue weighted by Gasteiger charge is 2.44. The highest BCUT2D eigenvalue weighted by Crippen LogP contribution is 2.34. The summed E-state index contributed by atoms with van der Waals surface area (Å²) < 4.78 is 50.2. The lowest BCUT2D eigenvalue weighted by Crippen LogP contribution is -2.54. The van der Waals surface area contributed by atoms with E-state index < -0.39 is 18.0 Å². The van der Waals surface area contributed by atoms with Gasteiger partial charge in [0, 0.05) is 32.7 Å². The Morgan fingerprint density at radius 3 is 2.32 bits per heavy atom. The van der Waals surface area contributed by atoms with Crippen LogP contribution in [0.5, 0.6) is 0 Å². The van der Waals surface area contributed by atoms with Gasteiger partial charge >= 0.3 is 12.1 Å². The number of nitrogens with zero attached hydrogens (tertiary/aromatic N) is 4. The molecule has 0 aromatic carbocycles. The number of fused-ring (bicyclic) bond motifs is 1. The van der Waals surface area contributed by atoms with Gasteiger partial charge < -0.3 is 19.6 Å². The summed E-state index contributed by atoms with van der Waals surface area (Å²) in [6, 6.07) is 0.468. The lowest BCUT2D eigenvalue weighted by atomic mass is 9.92. The molecule has 172 valence electrons.